The minimum absolute atomic E-state index is 0.0438. The highest BCUT2D eigenvalue weighted by atomic mass is 16.5. The van der Waals surface area contributed by atoms with Crippen molar-refractivity contribution in [2.75, 3.05) is 20.8 Å². The lowest BCUT2D eigenvalue weighted by molar-refractivity contribution is -0.128. The molecule has 1 amide bonds. The summed E-state index contributed by atoms with van der Waals surface area (Å²) in [5.74, 6) is 2.77. The molecule has 1 fully saturated rings. The second kappa shape index (κ2) is 7.14. The average Bonchev–Trinajstić information content (AvgIpc) is 3.43. The van der Waals surface area contributed by atoms with Gasteiger partial charge in [-0.15, -0.1) is 0 Å². The van der Waals surface area contributed by atoms with Gasteiger partial charge >= 0.3 is 0 Å². The molecule has 3 aromatic rings. The fourth-order valence-electron chi connectivity index (χ4n) is 3.17. The van der Waals surface area contributed by atoms with E-state index in [-0.39, 0.29) is 11.8 Å². The van der Waals surface area contributed by atoms with Crippen LogP contribution in [-0.4, -0.2) is 41.7 Å². The molecular weight excluding hydrogens is 350 g/mol. The van der Waals surface area contributed by atoms with Gasteiger partial charge < -0.3 is 23.3 Å². The first kappa shape index (κ1) is 17.1. The van der Waals surface area contributed by atoms with Crippen LogP contribution in [0.1, 0.15) is 24.0 Å². The second-order valence-corrected chi connectivity index (χ2v) is 6.28. The molecule has 1 aliphatic rings. The van der Waals surface area contributed by atoms with Gasteiger partial charge in [0.05, 0.1) is 32.9 Å². The molecule has 0 spiro atoms. The van der Waals surface area contributed by atoms with Crippen LogP contribution in [0.2, 0.25) is 0 Å². The van der Waals surface area contributed by atoms with Crippen molar-refractivity contribution in [3.63, 3.8) is 0 Å². The van der Waals surface area contributed by atoms with Crippen molar-refractivity contribution in [3.05, 3.63) is 48.2 Å². The molecule has 4 rings (SSSR count). The van der Waals surface area contributed by atoms with Crippen molar-refractivity contribution < 1.29 is 23.2 Å². The predicted octanol–water partition coefficient (Wildman–Crippen LogP) is 2.86. The Morgan fingerprint density at radius 2 is 2.07 bits per heavy atom. The lowest BCUT2D eigenvalue weighted by Crippen LogP contribution is -2.24. The molecule has 140 valence electrons. The van der Waals surface area contributed by atoms with Crippen LogP contribution in [0.25, 0.3) is 11.4 Å². The van der Waals surface area contributed by atoms with E-state index in [0.29, 0.717) is 42.7 Å². The number of carbonyl (C=O) groups excluding carboxylic acids is 1. The van der Waals surface area contributed by atoms with Gasteiger partial charge in [-0.05, 0) is 30.3 Å². The lowest BCUT2D eigenvalue weighted by atomic mass is 10.1. The number of likely N-dealkylation sites (tertiary alicyclic amines) is 1. The fraction of sp³-hybridized carbons (Fsp3) is 0.316. The van der Waals surface area contributed by atoms with E-state index in [9.17, 15) is 4.79 Å². The zero-order valence-electron chi connectivity index (χ0n) is 15.0. The molecule has 0 saturated carbocycles. The van der Waals surface area contributed by atoms with E-state index in [0.717, 1.165) is 11.3 Å². The number of hydrogen-bond donors (Lipinski definition) is 0. The van der Waals surface area contributed by atoms with Crippen molar-refractivity contribution >= 4 is 5.91 Å². The largest absolute Gasteiger partial charge is 0.493 e. The Morgan fingerprint density at radius 1 is 1.22 bits per heavy atom. The first-order valence-corrected chi connectivity index (χ1v) is 8.54. The third-order valence-corrected chi connectivity index (χ3v) is 4.57. The van der Waals surface area contributed by atoms with Crippen LogP contribution in [0, 0.1) is 0 Å². The number of nitrogens with zero attached hydrogens (tertiary/aromatic N) is 3. The van der Waals surface area contributed by atoms with Gasteiger partial charge in [0.2, 0.25) is 17.6 Å². The predicted molar refractivity (Wildman–Crippen MR) is 94.3 cm³/mol. The number of aromatic nitrogens is 2. The van der Waals surface area contributed by atoms with E-state index in [1.54, 1.807) is 43.6 Å². The number of hydrogen-bond acceptors (Lipinski definition) is 7. The van der Waals surface area contributed by atoms with E-state index in [2.05, 4.69) is 10.1 Å². The summed E-state index contributed by atoms with van der Waals surface area (Å²) in [5.41, 5.74) is 0.749. The van der Waals surface area contributed by atoms with Gasteiger partial charge in [-0.3, -0.25) is 4.79 Å². The Morgan fingerprint density at radius 3 is 2.81 bits per heavy atom. The highest BCUT2D eigenvalue weighted by molar-refractivity contribution is 5.79. The molecule has 1 atom stereocenters. The number of rotatable bonds is 6. The summed E-state index contributed by atoms with van der Waals surface area (Å²) in [5, 5.41) is 4.06. The summed E-state index contributed by atoms with van der Waals surface area (Å²) in [4.78, 5) is 18.5. The monoisotopic (exact) mass is 369 g/mol. The molecular formula is C19H19N3O5. The molecule has 1 aromatic carbocycles. The average molecular weight is 369 g/mol. The van der Waals surface area contributed by atoms with Crippen LogP contribution in [0.4, 0.5) is 0 Å². The zero-order chi connectivity index (χ0) is 18.8. The minimum Gasteiger partial charge on any atom is -0.493 e. The van der Waals surface area contributed by atoms with E-state index >= 15 is 0 Å². The molecule has 0 aliphatic carbocycles. The van der Waals surface area contributed by atoms with Gasteiger partial charge in [0.25, 0.3) is 0 Å². The number of amides is 1. The topological polar surface area (TPSA) is 90.8 Å². The van der Waals surface area contributed by atoms with Crippen LogP contribution in [0.3, 0.4) is 0 Å². The number of methoxy groups -OCH3 is 2. The molecule has 1 saturated heterocycles. The van der Waals surface area contributed by atoms with E-state index in [1.807, 2.05) is 12.1 Å². The highest BCUT2D eigenvalue weighted by Crippen LogP contribution is 2.33. The molecule has 8 nitrogen and oxygen atoms in total. The number of ether oxygens (including phenoxy) is 2. The van der Waals surface area contributed by atoms with E-state index < -0.39 is 0 Å². The van der Waals surface area contributed by atoms with Crippen molar-refractivity contribution in [2.45, 2.75) is 18.9 Å². The lowest BCUT2D eigenvalue weighted by Gasteiger charge is -2.13. The Bertz CT molecular complexity index is 935. The normalized spacial score (nSPS) is 16.7. The van der Waals surface area contributed by atoms with Gasteiger partial charge in [0.1, 0.15) is 5.76 Å². The quantitative estimate of drug-likeness (QED) is 0.660. The molecule has 8 heteroatoms. The van der Waals surface area contributed by atoms with Gasteiger partial charge in [-0.2, -0.15) is 4.98 Å². The third-order valence-electron chi connectivity index (χ3n) is 4.57. The summed E-state index contributed by atoms with van der Waals surface area (Å²) in [6, 6.07) is 9.06. The van der Waals surface area contributed by atoms with Crippen molar-refractivity contribution in [2.24, 2.45) is 0 Å². The fourth-order valence-corrected chi connectivity index (χ4v) is 3.17. The summed E-state index contributed by atoms with van der Waals surface area (Å²) >= 11 is 0. The summed E-state index contributed by atoms with van der Waals surface area (Å²) < 4.78 is 21.3. The van der Waals surface area contributed by atoms with Crippen LogP contribution < -0.4 is 9.47 Å². The second-order valence-electron chi connectivity index (χ2n) is 6.28. The van der Waals surface area contributed by atoms with Crippen LogP contribution in [0.15, 0.2) is 45.5 Å². The first-order chi connectivity index (χ1) is 13.2. The maximum Gasteiger partial charge on any atom is 0.232 e. The Kier molecular flexibility index (Phi) is 4.53. The minimum atomic E-state index is -0.131. The van der Waals surface area contributed by atoms with Gasteiger partial charge in [-0.25, -0.2) is 0 Å². The number of carbonyl (C=O) groups is 1. The van der Waals surface area contributed by atoms with Gasteiger partial charge in [0, 0.05) is 18.5 Å². The molecule has 27 heavy (non-hydrogen) atoms. The van der Waals surface area contributed by atoms with Crippen molar-refractivity contribution in [3.8, 4) is 22.9 Å². The summed E-state index contributed by atoms with van der Waals surface area (Å²) in [6.07, 6.45) is 1.94. The Labute approximate surface area is 155 Å². The first-order valence-electron chi connectivity index (χ1n) is 8.54. The molecule has 2 aromatic heterocycles. The summed E-state index contributed by atoms with van der Waals surface area (Å²) in [6.45, 7) is 0.964. The molecule has 0 radical (unpaired) electrons. The molecule has 0 bridgehead atoms. The SMILES string of the molecule is COc1ccc(-c2noc(C3CC(=O)N(Cc4ccco4)C3)n2)cc1OC. The van der Waals surface area contributed by atoms with E-state index in [4.69, 9.17) is 18.4 Å². The van der Waals surface area contributed by atoms with Crippen molar-refractivity contribution in [1.82, 2.24) is 15.0 Å². The van der Waals surface area contributed by atoms with Gasteiger partial charge in [0.15, 0.2) is 11.5 Å². The molecule has 1 unspecified atom stereocenters. The maximum absolute atomic E-state index is 12.3. The standard InChI is InChI=1S/C19H19N3O5/c1-24-15-6-5-12(8-16(15)25-2)18-20-19(27-21-18)13-9-17(23)22(10-13)11-14-4-3-7-26-14/h3-8,13H,9-11H2,1-2H3. The molecule has 1 aliphatic heterocycles. The van der Waals surface area contributed by atoms with Crippen LogP contribution in [-0.2, 0) is 11.3 Å². The van der Waals surface area contributed by atoms with Crippen LogP contribution in [0.5, 0.6) is 11.5 Å². The number of furan rings is 1. The smallest absolute Gasteiger partial charge is 0.232 e. The number of benzene rings is 1. The summed E-state index contributed by atoms with van der Waals surface area (Å²) in [7, 11) is 3.15. The van der Waals surface area contributed by atoms with Crippen molar-refractivity contribution in [1.29, 1.82) is 0 Å². The zero-order valence-corrected chi connectivity index (χ0v) is 15.0. The maximum atomic E-state index is 12.3. The van der Waals surface area contributed by atoms with E-state index in [1.165, 1.54) is 0 Å². The molecule has 3 heterocycles. The Balaban J connectivity index is 1.50. The highest BCUT2D eigenvalue weighted by Gasteiger charge is 2.34. The van der Waals surface area contributed by atoms with Gasteiger partial charge in [-0.1, -0.05) is 5.16 Å². The molecule has 0 N–H and O–H groups in total. The third kappa shape index (κ3) is 3.38. The van der Waals surface area contributed by atoms with Crippen LogP contribution >= 0.6 is 0 Å². The Hall–Kier alpha value is -3.29.